The highest BCUT2D eigenvalue weighted by Gasteiger charge is 2.18. The van der Waals surface area contributed by atoms with Gasteiger partial charge in [-0.2, -0.15) is 0 Å². The fraction of sp³-hybridized carbons (Fsp3) is 0.533. The molecular weight excluding hydrogens is 254 g/mol. The largest absolute Gasteiger partial charge is 0.378 e. The van der Waals surface area contributed by atoms with Gasteiger partial charge in [0.1, 0.15) is 0 Å². The molecule has 2 aliphatic heterocycles. The van der Waals surface area contributed by atoms with E-state index in [1.807, 2.05) is 12.1 Å². The molecule has 0 radical (unpaired) electrons. The Balaban J connectivity index is 1.58. The maximum atomic E-state index is 12.1. The van der Waals surface area contributed by atoms with Crippen LogP contribution in [0.15, 0.2) is 24.3 Å². The first-order chi connectivity index (χ1) is 9.83. The maximum absolute atomic E-state index is 12.1. The molecule has 2 saturated heterocycles. The Morgan fingerprint density at radius 1 is 1.25 bits per heavy atom. The summed E-state index contributed by atoms with van der Waals surface area (Å²) in [5, 5.41) is 6.32. The number of hydrogen-bond donors (Lipinski definition) is 2. The van der Waals surface area contributed by atoms with Crippen molar-refractivity contribution in [2.75, 3.05) is 44.7 Å². The van der Waals surface area contributed by atoms with Crippen LogP contribution >= 0.6 is 0 Å². The first-order valence-corrected chi connectivity index (χ1v) is 7.27. The molecule has 2 heterocycles. The molecule has 0 aliphatic carbocycles. The Bertz CT molecular complexity index is 449. The molecule has 0 saturated carbocycles. The fourth-order valence-corrected chi connectivity index (χ4v) is 2.75. The van der Waals surface area contributed by atoms with E-state index < -0.39 is 0 Å². The number of benzene rings is 1. The van der Waals surface area contributed by atoms with E-state index >= 15 is 0 Å². The Morgan fingerprint density at radius 2 is 2.00 bits per heavy atom. The maximum Gasteiger partial charge on any atom is 0.321 e. The van der Waals surface area contributed by atoms with Gasteiger partial charge in [-0.1, -0.05) is 12.1 Å². The number of anilines is 1. The van der Waals surface area contributed by atoms with Gasteiger partial charge in [-0.25, -0.2) is 4.79 Å². The second-order valence-electron chi connectivity index (χ2n) is 5.34. The molecule has 0 spiro atoms. The Kier molecular flexibility index (Phi) is 4.18. The number of morpholine rings is 1. The second kappa shape index (κ2) is 6.24. The van der Waals surface area contributed by atoms with E-state index in [2.05, 4.69) is 22.8 Å². The molecule has 2 N–H and O–H groups in total. The number of rotatable bonds is 2. The van der Waals surface area contributed by atoms with Crippen molar-refractivity contribution in [1.82, 2.24) is 10.2 Å². The summed E-state index contributed by atoms with van der Waals surface area (Å²) in [7, 11) is 0. The molecule has 2 aliphatic rings. The van der Waals surface area contributed by atoms with Gasteiger partial charge in [0, 0.05) is 25.3 Å². The highest BCUT2D eigenvalue weighted by atomic mass is 16.5. The standard InChI is InChI=1S/C15H21N3O2/c19-15(18-7-9-20-10-8-18)17-14-3-1-12(2-4-14)13-5-6-16-11-13/h1-4,13,16H,5-11H2,(H,17,19). The predicted octanol–water partition coefficient (Wildman–Crippen LogP) is 1.63. The van der Waals surface area contributed by atoms with Gasteiger partial charge in [0.2, 0.25) is 0 Å². The molecule has 20 heavy (non-hydrogen) atoms. The zero-order valence-electron chi connectivity index (χ0n) is 11.6. The molecule has 3 rings (SSSR count). The SMILES string of the molecule is O=C(Nc1ccc(C2CCNC2)cc1)N1CCOCC1. The lowest BCUT2D eigenvalue weighted by atomic mass is 9.98. The van der Waals surface area contributed by atoms with E-state index in [4.69, 9.17) is 4.74 Å². The molecule has 0 aromatic heterocycles. The topological polar surface area (TPSA) is 53.6 Å². The van der Waals surface area contributed by atoms with Crippen LogP contribution in [-0.2, 0) is 4.74 Å². The fourth-order valence-electron chi connectivity index (χ4n) is 2.75. The third-order valence-electron chi connectivity index (χ3n) is 3.99. The van der Waals surface area contributed by atoms with Crippen LogP contribution in [0.3, 0.4) is 0 Å². The number of amides is 2. The molecule has 2 fully saturated rings. The van der Waals surface area contributed by atoms with Crippen LogP contribution < -0.4 is 10.6 Å². The van der Waals surface area contributed by atoms with Crippen molar-refractivity contribution >= 4 is 11.7 Å². The highest BCUT2D eigenvalue weighted by Crippen LogP contribution is 2.23. The predicted molar refractivity (Wildman–Crippen MR) is 78.1 cm³/mol. The highest BCUT2D eigenvalue weighted by molar-refractivity contribution is 5.89. The Morgan fingerprint density at radius 3 is 2.65 bits per heavy atom. The molecular formula is C15H21N3O2. The van der Waals surface area contributed by atoms with E-state index in [0.29, 0.717) is 32.2 Å². The molecule has 1 aromatic carbocycles. The number of nitrogens with zero attached hydrogens (tertiary/aromatic N) is 1. The number of urea groups is 1. The number of hydrogen-bond acceptors (Lipinski definition) is 3. The molecule has 0 bridgehead atoms. The van der Waals surface area contributed by atoms with Crippen LogP contribution in [-0.4, -0.2) is 50.3 Å². The molecule has 1 unspecified atom stereocenters. The van der Waals surface area contributed by atoms with E-state index in [1.165, 1.54) is 12.0 Å². The van der Waals surface area contributed by atoms with Crippen molar-refractivity contribution in [3.8, 4) is 0 Å². The van der Waals surface area contributed by atoms with Gasteiger partial charge in [0.25, 0.3) is 0 Å². The molecule has 108 valence electrons. The summed E-state index contributed by atoms with van der Waals surface area (Å²) in [6.45, 7) is 4.73. The molecule has 1 aromatic rings. The quantitative estimate of drug-likeness (QED) is 0.862. The van der Waals surface area contributed by atoms with Crippen molar-refractivity contribution in [3.05, 3.63) is 29.8 Å². The van der Waals surface area contributed by atoms with Crippen LogP contribution in [0.4, 0.5) is 10.5 Å². The van der Waals surface area contributed by atoms with Gasteiger partial charge in [-0.3, -0.25) is 0 Å². The summed E-state index contributed by atoms with van der Waals surface area (Å²) in [5.41, 5.74) is 2.20. The molecule has 5 nitrogen and oxygen atoms in total. The Hall–Kier alpha value is -1.59. The van der Waals surface area contributed by atoms with Gasteiger partial charge in [0.15, 0.2) is 0 Å². The molecule has 1 atom stereocenters. The lowest BCUT2D eigenvalue weighted by molar-refractivity contribution is 0.0564. The summed E-state index contributed by atoms with van der Waals surface area (Å²) in [5.74, 6) is 0.610. The number of carbonyl (C=O) groups excluding carboxylic acids is 1. The van der Waals surface area contributed by atoms with Crippen LogP contribution in [0.1, 0.15) is 17.9 Å². The minimum atomic E-state index is -0.0383. The molecule has 2 amide bonds. The lowest BCUT2D eigenvalue weighted by Crippen LogP contribution is -2.43. The second-order valence-corrected chi connectivity index (χ2v) is 5.34. The van der Waals surface area contributed by atoms with Crippen LogP contribution in [0.2, 0.25) is 0 Å². The number of nitrogens with one attached hydrogen (secondary N) is 2. The van der Waals surface area contributed by atoms with Gasteiger partial charge in [-0.15, -0.1) is 0 Å². The summed E-state index contributed by atoms with van der Waals surface area (Å²) in [4.78, 5) is 13.8. The van der Waals surface area contributed by atoms with E-state index in [-0.39, 0.29) is 6.03 Å². The first-order valence-electron chi connectivity index (χ1n) is 7.27. The zero-order chi connectivity index (χ0) is 13.8. The third kappa shape index (κ3) is 3.11. The summed E-state index contributed by atoms with van der Waals surface area (Å²) >= 11 is 0. The van der Waals surface area contributed by atoms with Crippen molar-refractivity contribution in [2.45, 2.75) is 12.3 Å². The van der Waals surface area contributed by atoms with Crippen molar-refractivity contribution in [2.24, 2.45) is 0 Å². The van der Waals surface area contributed by atoms with E-state index in [1.54, 1.807) is 4.90 Å². The zero-order valence-corrected chi connectivity index (χ0v) is 11.6. The minimum Gasteiger partial charge on any atom is -0.378 e. The van der Waals surface area contributed by atoms with Crippen LogP contribution in [0, 0.1) is 0 Å². The van der Waals surface area contributed by atoms with Gasteiger partial charge in [0.05, 0.1) is 13.2 Å². The monoisotopic (exact) mass is 275 g/mol. The summed E-state index contributed by atoms with van der Waals surface area (Å²) in [6.07, 6.45) is 1.19. The summed E-state index contributed by atoms with van der Waals surface area (Å²) < 4.78 is 5.25. The number of carbonyl (C=O) groups is 1. The number of ether oxygens (including phenoxy) is 1. The van der Waals surface area contributed by atoms with Crippen LogP contribution in [0.25, 0.3) is 0 Å². The van der Waals surface area contributed by atoms with Gasteiger partial charge < -0.3 is 20.3 Å². The van der Waals surface area contributed by atoms with Gasteiger partial charge >= 0.3 is 6.03 Å². The molecule has 5 heteroatoms. The first kappa shape index (κ1) is 13.4. The Labute approximate surface area is 119 Å². The average Bonchev–Trinajstić information content (AvgIpc) is 3.03. The van der Waals surface area contributed by atoms with Crippen molar-refractivity contribution in [1.29, 1.82) is 0 Å². The van der Waals surface area contributed by atoms with E-state index in [9.17, 15) is 4.79 Å². The summed E-state index contributed by atoms with van der Waals surface area (Å²) in [6, 6.07) is 8.18. The van der Waals surface area contributed by atoms with Gasteiger partial charge in [-0.05, 0) is 36.6 Å². The normalized spacial score (nSPS) is 22.8. The van der Waals surface area contributed by atoms with Crippen LogP contribution in [0.5, 0.6) is 0 Å². The third-order valence-corrected chi connectivity index (χ3v) is 3.99. The van der Waals surface area contributed by atoms with E-state index in [0.717, 1.165) is 18.8 Å². The smallest absolute Gasteiger partial charge is 0.321 e. The van der Waals surface area contributed by atoms with Crippen molar-refractivity contribution in [3.63, 3.8) is 0 Å². The van der Waals surface area contributed by atoms with Crippen molar-refractivity contribution < 1.29 is 9.53 Å². The lowest BCUT2D eigenvalue weighted by Gasteiger charge is -2.27. The average molecular weight is 275 g/mol. The minimum absolute atomic E-state index is 0.0383.